The Morgan fingerprint density at radius 2 is 1.95 bits per heavy atom. The molecule has 2 rings (SSSR count). The van der Waals surface area contributed by atoms with Crippen LogP contribution in [0, 0.1) is 22.2 Å². The van der Waals surface area contributed by atoms with Gasteiger partial charge in [-0.1, -0.05) is 27.2 Å². The highest BCUT2D eigenvalue weighted by Gasteiger charge is 2.53. The van der Waals surface area contributed by atoms with E-state index in [9.17, 15) is 9.90 Å². The van der Waals surface area contributed by atoms with Crippen LogP contribution in [0.4, 0.5) is 0 Å². The third-order valence-corrected chi connectivity index (χ3v) is 6.01. The van der Waals surface area contributed by atoms with Crippen molar-refractivity contribution in [1.82, 2.24) is 0 Å². The monoisotopic (exact) mass is 282 g/mol. The van der Waals surface area contributed by atoms with Crippen LogP contribution in [0.3, 0.4) is 0 Å². The molecule has 1 N–H and O–H groups in total. The molecule has 3 heteroatoms. The van der Waals surface area contributed by atoms with Gasteiger partial charge < -0.3 is 9.84 Å². The average molecular weight is 282 g/mol. The Balaban J connectivity index is 2.16. The maximum Gasteiger partial charge on any atom is 0.302 e. The lowest BCUT2D eigenvalue weighted by molar-refractivity contribution is -0.154. The highest BCUT2D eigenvalue weighted by molar-refractivity contribution is 5.65. The minimum absolute atomic E-state index is 0.128. The molecule has 0 aromatic carbocycles. The summed E-state index contributed by atoms with van der Waals surface area (Å²) in [6.45, 7) is 9.13. The smallest absolute Gasteiger partial charge is 0.302 e. The topological polar surface area (TPSA) is 46.5 Å². The molecule has 0 aromatic heterocycles. The van der Waals surface area contributed by atoms with Crippen LogP contribution in [0.15, 0.2) is 0 Å². The molecule has 2 saturated carbocycles. The summed E-state index contributed by atoms with van der Waals surface area (Å²) in [6.07, 6.45) is 6.92. The van der Waals surface area contributed by atoms with E-state index in [1.165, 1.54) is 26.2 Å². The van der Waals surface area contributed by atoms with Gasteiger partial charge in [0.2, 0.25) is 0 Å². The minimum Gasteiger partial charge on any atom is -0.465 e. The van der Waals surface area contributed by atoms with E-state index in [1.54, 1.807) is 0 Å². The first-order valence-electron chi connectivity index (χ1n) is 7.97. The van der Waals surface area contributed by atoms with Crippen molar-refractivity contribution in [2.45, 2.75) is 66.2 Å². The number of carbonyl (C=O) groups is 1. The minimum atomic E-state index is -0.242. The van der Waals surface area contributed by atoms with Gasteiger partial charge >= 0.3 is 5.97 Å². The van der Waals surface area contributed by atoms with Crippen molar-refractivity contribution in [3.8, 4) is 0 Å². The number of esters is 1. The second-order valence-electron chi connectivity index (χ2n) is 8.20. The van der Waals surface area contributed by atoms with E-state index in [0.29, 0.717) is 12.0 Å². The highest BCUT2D eigenvalue weighted by atomic mass is 16.5. The lowest BCUT2D eigenvalue weighted by atomic mass is 9.47. The van der Waals surface area contributed by atoms with Crippen LogP contribution in [0.5, 0.6) is 0 Å². The van der Waals surface area contributed by atoms with E-state index in [0.717, 1.165) is 25.2 Å². The second kappa shape index (κ2) is 5.32. The largest absolute Gasteiger partial charge is 0.465 e. The number of hydrogen-bond donors (Lipinski definition) is 1. The Morgan fingerprint density at radius 3 is 2.55 bits per heavy atom. The van der Waals surface area contributed by atoms with Crippen LogP contribution in [0.1, 0.15) is 66.2 Å². The molecule has 3 atom stereocenters. The number of ether oxygens (including phenoxy) is 1. The van der Waals surface area contributed by atoms with E-state index in [2.05, 4.69) is 20.8 Å². The highest BCUT2D eigenvalue weighted by Crippen LogP contribution is 2.61. The molecule has 0 radical (unpaired) electrons. The molecule has 0 saturated heterocycles. The fraction of sp³-hybridized carbons (Fsp3) is 0.941. The SMILES string of the molecule is CC(=O)OCC1(CO)CCC2C(C)(C)CCCC2(C)C1. The van der Waals surface area contributed by atoms with Crippen LogP contribution in [0.2, 0.25) is 0 Å². The maximum atomic E-state index is 11.1. The van der Waals surface area contributed by atoms with Crippen molar-refractivity contribution in [3.63, 3.8) is 0 Å². The quantitative estimate of drug-likeness (QED) is 0.805. The molecular formula is C17H30O3. The van der Waals surface area contributed by atoms with Crippen LogP contribution in [-0.4, -0.2) is 24.3 Å². The number of fused-ring (bicyclic) bond motifs is 1. The van der Waals surface area contributed by atoms with Crippen molar-refractivity contribution in [2.24, 2.45) is 22.2 Å². The zero-order chi connectivity index (χ0) is 15.0. The lowest BCUT2D eigenvalue weighted by Gasteiger charge is -2.58. The summed E-state index contributed by atoms with van der Waals surface area (Å²) in [5, 5.41) is 9.90. The van der Waals surface area contributed by atoms with Gasteiger partial charge in [0.05, 0.1) is 13.2 Å². The fourth-order valence-corrected chi connectivity index (χ4v) is 5.14. The van der Waals surface area contributed by atoms with E-state index in [1.807, 2.05) is 0 Å². The first-order valence-corrected chi connectivity index (χ1v) is 7.97. The lowest BCUT2D eigenvalue weighted by Crippen LogP contribution is -2.51. The molecule has 20 heavy (non-hydrogen) atoms. The van der Waals surface area contributed by atoms with Crippen LogP contribution >= 0.6 is 0 Å². The standard InChI is InChI=1S/C17H30O3/c1-13(19)20-12-17(11-18)9-6-14-15(2,3)7-5-8-16(14,4)10-17/h14,18H,5-12H2,1-4H3. The summed E-state index contributed by atoms with van der Waals surface area (Å²) in [4.78, 5) is 11.1. The molecule has 0 amide bonds. The van der Waals surface area contributed by atoms with Gasteiger partial charge in [-0.2, -0.15) is 0 Å². The van der Waals surface area contributed by atoms with Crippen molar-refractivity contribution in [3.05, 3.63) is 0 Å². The van der Waals surface area contributed by atoms with Crippen LogP contribution in [-0.2, 0) is 9.53 Å². The zero-order valence-electron chi connectivity index (χ0n) is 13.5. The molecule has 2 aliphatic carbocycles. The van der Waals surface area contributed by atoms with Crippen LogP contribution < -0.4 is 0 Å². The predicted octanol–water partition coefficient (Wildman–Crippen LogP) is 3.54. The van der Waals surface area contributed by atoms with Gasteiger partial charge in [-0.25, -0.2) is 0 Å². The van der Waals surface area contributed by atoms with E-state index in [4.69, 9.17) is 4.74 Å². The number of hydrogen-bond acceptors (Lipinski definition) is 3. The van der Waals surface area contributed by atoms with Crippen molar-refractivity contribution >= 4 is 5.97 Å². The molecule has 0 aliphatic heterocycles. The third kappa shape index (κ3) is 2.88. The Hall–Kier alpha value is -0.570. The van der Waals surface area contributed by atoms with E-state index < -0.39 is 0 Å². The summed E-state index contributed by atoms with van der Waals surface area (Å²) < 4.78 is 5.25. The molecular weight excluding hydrogens is 252 g/mol. The first kappa shape index (κ1) is 15.8. The molecule has 3 nitrogen and oxygen atoms in total. The van der Waals surface area contributed by atoms with Crippen molar-refractivity contribution in [1.29, 1.82) is 0 Å². The van der Waals surface area contributed by atoms with Gasteiger partial charge in [-0.05, 0) is 48.9 Å². The third-order valence-electron chi connectivity index (χ3n) is 6.01. The number of rotatable bonds is 3. The Kier molecular flexibility index (Phi) is 4.21. The Labute approximate surface area is 123 Å². The van der Waals surface area contributed by atoms with E-state index in [-0.39, 0.29) is 23.4 Å². The van der Waals surface area contributed by atoms with Gasteiger partial charge in [-0.15, -0.1) is 0 Å². The fourth-order valence-electron chi connectivity index (χ4n) is 5.14. The van der Waals surface area contributed by atoms with Gasteiger partial charge in [0.15, 0.2) is 0 Å². The van der Waals surface area contributed by atoms with Gasteiger partial charge in [0.25, 0.3) is 0 Å². The van der Waals surface area contributed by atoms with E-state index >= 15 is 0 Å². The molecule has 2 fully saturated rings. The average Bonchev–Trinajstić information content (AvgIpc) is 2.34. The molecule has 3 unspecified atom stereocenters. The molecule has 2 aliphatic rings. The summed E-state index contributed by atoms with van der Waals surface area (Å²) in [6, 6.07) is 0. The maximum absolute atomic E-state index is 11.1. The zero-order valence-corrected chi connectivity index (χ0v) is 13.5. The summed E-state index contributed by atoms with van der Waals surface area (Å²) >= 11 is 0. The van der Waals surface area contributed by atoms with Crippen LogP contribution in [0.25, 0.3) is 0 Å². The normalized spacial score (nSPS) is 40.0. The predicted molar refractivity (Wildman–Crippen MR) is 79.2 cm³/mol. The van der Waals surface area contributed by atoms with Crippen molar-refractivity contribution < 1.29 is 14.6 Å². The molecule has 0 spiro atoms. The molecule has 0 bridgehead atoms. The Bertz CT molecular complexity index is 376. The first-order chi connectivity index (χ1) is 9.23. The van der Waals surface area contributed by atoms with Gasteiger partial charge in [0, 0.05) is 12.3 Å². The number of aliphatic hydroxyl groups is 1. The summed E-state index contributed by atoms with van der Waals surface area (Å²) in [5.41, 5.74) is 0.462. The van der Waals surface area contributed by atoms with Gasteiger partial charge in [0.1, 0.15) is 0 Å². The Morgan fingerprint density at radius 1 is 1.25 bits per heavy atom. The summed E-state index contributed by atoms with van der Waals surface area (Å²) in [7, 11) is 0. The van der Waals surface area contributed by atoms with Crippen molar-refractivity contribution in [2.75, 3.05) is 13.2 Å². The second-order valence-corrected chi connectivity index (χ2v) is 8.20. The number of carbonyl (C=O) groups excluding carboxylic acids is 1. The molecule has 0 aromatic rings. The van der Waals surface area contributed by atoms with Gasteiger partial charge in [-0.3, -0.25) is 4.79 Å². The summed E-state index contributed by atoms with van der Waals surface area (Å²) in [5.74, 6) is 0.481. The molecule has 116 valence electrons. The number of aliphatic hydroxyl groups excluding tert-OH is 1. The molecule has 0 heterocycles.